The second-order valence-corrected chi connectivity index (χ2v) is 9.07. The van der Waals surface area contributed by atoms with Crippen LogP contribution in [0.5, 0.6) is 0 Å². The van der Waals surface area contributed by atoms with Crippen LogP contribution in [0.4, 0.5) is 0 Å². The molecule has 0 aliphatic rings. The molecule has 0 aliphatic carbocycles. The minimum Gasteiger partial charge on any atom is -0.393 e. The molecule has 0 spiro atoms. The van der Waals surface area contributed by atoms with Crippen molar-refractivity contribution in [2.75, 3.05) is 0 Å². The highest BCUT2D eigenvalue weighted by molar-refractivity contribution is 5.08. The number of aliphatic hydroxyl groups is 1. The molecule has 7 heteroatoms. The van der Waals surface area contributed by atoms with Crippen molar-refractivity contribution in [3.63, 3.8) is 0 Å². The van der Waals surface area contributed by atoms with Crippen LogP contribution in [0.25, 0.3) is 0 Å². The Labute approximate surface area is 165 Å². The van der Waals surface area contributed by atoms with Crippen LogP contribution in [0.1, 0.15) is 90.6 Å². The van der Waals surface area contributed by atoms with E-state index in [1.54, 1.807) is 0 Å². The summed E-state index contributed by atoms with van der Waals surface area (Å²) in [5.74, 6) is 1.36. The fourth-order valence-electron chi connectivity index (χ4n) is 3.52. The molecule has 0 bridgehead atoms. The molecule has 0 fully saturated rings. The Bertz CT molecular complexity index is 756. The van der Waals surface area contributed by atoms with Crippen LogP contribution in [0.3, 0.4) is 0 Å². The molecular formula is C21H34N2O5. The largest absolute Gasteiger partial charge is 0.393 e. The number of H-pyrrole nitrogens is 2. The normalized spacial score (nSPS) is 12.8. The van der Waals surface area contributed by atoms with E-state index in [2.05, 4.69) is 38.0 Å². The molecule has 7 nitrogen and oxygen atoms in total. The lowest BCUT2D eigenvalue weighted by atomic mass is 9.83. The van der Waals surface area contributed by atoms with Gasteiger partial charge in [-0.05, 0) is 25.7 Å². The molecule has 158 valence electrons. The minimum absolute atomic E-state index is 0.192. The van der Waals surface area contributed by atoms with Gasteiger partial charge < -0.3 is 14.2 Å². The van der Waals surface area contributed by atoms with E-state index in [1.807, 2.05) is 0 Å². The summed E-state index contributed by atoms with van der Waals surface area (Å²) in [5, 5.41) is 14.9. The summed E-state index contributed by atoms with van der Waals surface area (Å²) in [5.41, 5.74) is -0.799. The van der Waals surface area contributed by atoms with Gasteiger partial charge in [0, 0.05) is 23.0 Å². The fraction of sp³-hybridized carbons (Fsp3) is 0.714. The molecule has 0 saturated carbocycles. The SMILES string of the molecule is CC(C)(CCCCC(O)CCCCC(C)(C)c1cc(=O)[nH]o1)c1cc(=O)[nH]o1. The lowest BCUT2D eigenvalue weighted by molar-refractivity contribution is 0.145. The number of unbranched alkanes of at least 4 members (excludes halogenated alkanes) is 2. The van der Waals surface area contributed by atoms with Crippen molar-refractivity contribution in [2.24, 2.45) is 0 Å². The highest BCUT2D eigenvalue weighted by Gasteiger charge is 2.25. The Morgan fingerprint density at radius 3 is 1.54 bits per heavy atom. The molecule has 0 unspecified atom stereocenters. The van der Waals surface area contributed by atoms with Crippen LogP contribution in [0.15, 0.2) is 30.8 Å². The first-order chi connectivity index (χ1) is 13.1. The Kier molecular flexibility index (Phi) is 7.52. The molecule has 2 aromatic heterocycles. The van der Waals surface area contributed by atoms with Gasteiger partial charge in [0.25, 0.3) is 11.1 Å². The number of aliphatic hydroxyl groups excluding tert-OH is 1. The molecule has 0 saturated heterocycles. The fourth-order valence-corrected chi connectivity index (χ4v) is 3.52. The molecule has 0 atom stereocenters. The van der Waals surface area contributed by atoms with Gasteiger partial charge in [-0.3, -0.25) is 9.59 Å². The van der Waals surface area contributed by atoms with E-state index in [-0.39, 0.29) is 28.1 Å². The van der Waals surface area contributed by atoms with Gasteiger partial charge in [-0.2, -0.15) is 10.3 Å². The number of aromatic nitrogens is 2. The van der Waals surface area contributed by atoms with E-state index in [0.717, 1.165) is 51.4 Å². The monoisotopic (exact) mass is 394 g/mol. The molecule has 3 N–H and O–H groups in total. The van der Waals surface area contributed by atoms with E-state index in [0.29, 0.717) is 11.5 Å². The second-order valence-electron chi connectivity index (χ2n) is 9.07. The lowest BCUT2D eigenvalue weighted by Crippen LogP contribution is -2.17. The molecule has 0 amide bonds. The van der Waals surface area contributed by atoms with Gasteiger partial charge >= 0.3 is 0 Å². The zero-order valence-electron chi connectivity index (χ0n) is 17.5. The molecule has 28 heavy (non-hydrogen) atoms. The first kappa shape index (κ1) is 22.3. The minimum atomic E-state index is -0.290. The van der Waals surface area contributed by atoms with Crippen LogP contribution in [-0.4, -0.2) is 21.5 Å². The maximum atomic E-state index is 11.2. The first-order valence-electron chi connectivity index (χ1n) is 10.2. The summed E-state index contributed by atoms with van der Waals surface area (Å²) in [7, 11) is 0. The van der Waals surface area contributed by atoms with Gasteiger partial charge in [0.15, 0.2) is 0 Å². The quantitative estimate of drug-likeness (QED) is 0.471. The predicted octanol–water partition coefficient (Wildman–Crippen LogP) is 3.99. The van der Waals surface area contributed by atoms with E-state index in [9.17, 15) is 14.7 Å². The van der Waals surface area contributed by atoms with E-state index in [4.69, 9.17) is 9.05 Å². The summed E-state index contributed by atoms with van der Waals surface area (Å²) in [6.07, 6.45) is 6.90. The summed E-state index contributed by atoms with van der Waals surface area (Å²) in [6.45, 7) is 8.24. The average molecular weight is 395 g/mol. The summed E-state index contributed by atoms with van der Waals surface area (Å²) in [6, 6.07) is 3.02. The number of hydrogen-bond acceptors (Lipinski definition) is 5. The van der Waals surface area contributed by atoms with Gasteiger partial charge in [-0.15, -0.1) is 0 Å². The third-order valence-electron chi connectivity index (χ3n) is 5.56. The third-order valence-corrected chi connectivity index (χ3v) is 5.56. The Morgan fingerprint density at radius 2 is 1.21 bits per heavy atom. The van der Waals surface area contributed by atoms with Crippen molar-refractivity contribution in [2.45, 2.75) is 96.0 Å². The van der Waals surface area contributed by atoms with Crippen LogP contribution >= 0.6 is 0 Å². The zero-order valence-corrected chi connectivity index (χ0v) is 17.5. The number of nitrogens with one attached hydrogen (secondary N) is 2. The van der Waals surface area contributed by atoms with Crippen LogP contribution in [0, 0.1) is 0 Å². The number of rotatable bonds is 12. The summed E-state index contributed by atoms with van der Waals surface area (Å²) >= 11 is 0. The average Bonchev–Trinajstić information content (AvgIpc) is 3.25. The Morgan fingerprint density at radius 1 is 0.821 bits per heavy atom. The third kappa shape index (κ3) is 6.55. The van der Waals surface area contributed by atoms with Crippen molar-refractivity contribution in [3.8, 4) is 0 Å². The molecule has 2 rings (SSSR count). The Hall–Kier alpha value is -2.02. The molecule has 0 aromatic carbocycles. The lowest BCUT2D eigenvalue weighted by Gasteiger charge is -2.22. The van der Waals surface area contributed by atoms with E-state index in [1.165, 1.54) is 12.1 Å². The smallest absolute Gasteiger partial charge is 0.280 e. The highest BCUT2D eigenvalue weighted by Crippen LogP contribution is 2.29. The predicted molar refractivity (Wildman–Crippen MR) is 108 cm³/mol. The number of aromatic amines is 2. The van der Waals surface area contributed by atoms with Crippen LogP contribution < -0.4 is 11.1 Å². The van der Waals surface area contributed by atoms with Gasteiger partial charge in [-0.25, -0.2) is 0 Å². The zero-order chi connectivity index (χ0) is 20.8. The van der Waals surface area contributed by atoms with Gasteiger partial charge in [-0.1, -0.05) is 53.4 Å². The van der Waals surface area contributed by atoms with Gasteiger partial charge in [0.1, 0.15) is 11.5 Å². The molecule has 0 radical (unpaired) electrons. The molecule has 2 aromatic rings. The topological polar surface area (TPSA) is 112 Å². The summed E-state index contributed by atoms with van der Waals surface area (Å²) < 4.78 is 10.4. The van der Waals surface area contributed by atoms with Crippen molar-refractivity contribution in [1.82, 2.24) is 10.3 Å². The maximum absolute atomic E-state index is 11.2. The van der Waals surface area contributed by atoms with Crippen molar-refractivity contribution >= 4 is 0 Å². The number of hydrogen-bond donors (Lipinski definition) is 3. The van der Waals surface area contributed by atoms with Gasteiger partial charge in [0.2, 0.25) is 0 Å². The highest BCUT2D eigenvalue weighted by atomic mass is 16.5. The van der Waals surface area contributed by atoms with Crippen molar-refractivity contribution in [1.29, 1.82) is 0 Å². The molecular weight excluding hydrogens is 360 g/mol. The van der Waals surface area contributed by atoms with E-state index >= 15 is 0 Å². The standard InChI is InChI=1S/C21H34N2O5/c1-20(2,16-13-18(25)22-27-16)11-7-5-9-15(24)10-6-8-12-21(3,4)17-14-19(26)23-28-17/h13-15,24H,5-12H2,1-4H3,(H,22,25)(H,23,26). The first-order valence-corrected chi connectivity index (χ1v) is 10.2. The van der Waals surface area contributed by atoms with E-state index < -0.39 is 0 Å². The van der Waals surface area contributed by atoms with Crippen molar-refractivity contribution < 1.29 is 14.2 Å². The molecule has 0 aliphatic heterocycles. The Balaban J connectivity index is 1.60. The van der Waals surface area contributed by atoms with Crippen molar-refractivity contribution in [3.05, 3.63) is 44.4 Å². The summed E-state index contributed by atoms with van der Waals surface area (Å²) in [4.78, 5) is 22.4. The maximum Gasteiger partial charge on any atom is 0.280 e. The second kappa shape index (κ2) is 9.45. The van der Waals surface area contributed by atoms with Crippen LogP contribution in [0.2, 0.25) is 0 Å². The molecule has 2 heterocycles. The van der Waals surface area contributed by atoms with Gasteiger partial charge in [0.05, 0.1) is 6.10 Å². The van der Waals surface area contributed by atoms with Crippen LogP contribution in [-0.2, 0) is 10.8 Å².